The molecule has 0 fully saturated rings. The Morgan fingerprint density at radius 1 is 0.816 bits per heavy atom. The van der Waals surface area contributed by atoms with Crippen LogP contribution in [-0.4, -0.2) is 42.6 Å². The van der Waals surface area contributed by atoms with E-state index in [2.05, 4.69) is 0 Å². The van der Waals surface area contributed by atoms with Crippen molar-refractivity contribution in [1.82, 2.24) is 0 Å². The molecule has 9 nitrogen and oxygen atoms in total. The fourth-order valence-corrected chi connectivity index (χ4v) is 2.85. The molecule has 206 valence electrons. The Balaban J connectivity index is 2.06. The van der Waals surface area contributed by atoms with Crippen molar-refractivity contribution in [3.63, 3.8) is 0 Å². The summed E-state index contributed by atoms with van der Waals surface area (Å²) >= 11 is 0. The third-order valence-corrected chi connectivity index (χ3v) is 5.17. The van der Waals surface area contributed by atoms with Crippen LogP contribution in [0, 0.1) is 10.8 Å². The molecule has 2 atom stereocenters. The van der Waals surface area contributed by atoms with E-state index in [0.29, 0.717) is 11.1 Å². The third-order valence-electron chi connectivity index (χ3n) is 5.17. The molecule has 2 N–H and O–H groups in total. The Hall–Kier alpha value is -3.72. The van der Waals surface area contributed by atoms with Gasteiger partial charge in [-0.05, 0) is 84.7 Å². The minimum absolute atomic E-state index is 0.0436. The highest BCUT2D eigenvalue weighted by molar-refractivity contribution is 5.89. The van der Waals surface area contributed by atoms with E-state index in [-0.39, 0.29) is 24.5 Å². The minimum atomic E-state index is -1.04. The number of benzene rings is 2. The second-order valence-corrected chi connectivity index (χ2v) is 11.1. The molecule has 2 aromatic rings. The fraction of sp³-hybridized carbons (Fsp3) is 0.448. The van der Waals surface area contributed by atoms with Gasteiger partial charge < -0.3 is 24.7 Å². The number of esters is 4. The van der Waals surface area contributed by atoms with E-state index in [1.165, 1.54) is 12.1 Å². The van der Waals surface area contributed by atoms with Gasteiger partial charge in [0.2, 0.25) is 0 Å². The molecule has 0 spiro atoms. The summed E-state index contributed by atoms with van der Waals surface area (Å²) in [6, 6.07) is 12.1. The molecule has 0 aliphatic carbocycles. The summed E-state index contributed by atoms with van der Waals surface area (Å²) < 4.78 is 21.5. The van der Waals surface area contributed by atoms with Crippen molar-refractivity contribution < 1.29 is 38.1 Å². The van der Waals surface area contributed by atoms with E-state index in [4.69, 9.17) is 24.7 Å². The molecule has 9 heteroatoms. The smallest absolute Gasteiger partial charge is 0.338 e. The summed E-state index contributed by atoms with van der Waals surface area (Å²) in [6.45, 7) is 11.7. The Labute approximate surface area is 223 Å². The number of carbonyl (C=O) groups excluding carboxylic acids is 4. The van der Waals surface area contributed by atoms with Gasteiger partial charge in [0.15, 0.2) is 11.5 Å². The van der Waals surface area contributed by atoms with E-state index in [1.807, 2.05) is 0 Å². The highest BCUT2D eigenvalue weighted by atomic mass is 16.6. The van der Waals surface area contributed by atoms with Gasteiger partial charge in [-0.2, -0.15) is 0 Å². The summed E-state index contributed by atoms with van der Waals surface area (Å²) in [5, 5.41) is 0. The van der Waals surface area contributed by atoms with Crippen molar-refractivity contribution >= 4 is 23.9 Å². The number of hydrogen-bond donors (Lipinski definition) is 1. The van der Waals surface area contributed by atoms with Gasteiger partial charge >= 0.3 is 23.9 Å². The molecule has 2 aromatic carbocycles. The SMILES string of the molecule is C[C@@H](COC(=O)[C@@H](N)Cc1ccc(OC(=O)C(C)(C)C)c(OC(=O)C(C)(C)C)c1)OC(=O)c1ccccc1. The largest absolute Gasteiger partial charge is 0.461 e. The minimum Gasteiger partial charge on any atom is -0.461 e. The fourth-order valence-electron chi connectivity index (χ4n) is 2.85. The van der Waals surface area contributed by atoms with Gasteiger partial charge in [0.05, 0.1) is 16.4 Å². The summed E-state index contributed by atoms with van der Waals surface area (Å²) in [4.78, 5) is 49.6. The van der Waals surface area contributed by atoms with Crippen molar-refractivity contribution in [1.29, 1.82) is 0 Å². The lowest BCUT2D eigenvalue weighted by molar-refractivity contribution is -0.148. The molecule has 0 saturated heterocycles. The van der Waals surface area contributed by atoms with E-state index in [1.54, 1.807) is 84.9 Å². The molecule has 0 heterocycles. The topological polar surface area (TPSA) is 131 Å². The normalized spacial score (nSPS) is 13.2. The Kier molecular flexibility index (Phi) is 10.2. The summed E-state index contributed by atoms with van der Waals surface area (Å²) in [5.41, 5.74) is 5.42. The molecule has 0 bridgehead atoms. The summed E-state index contributed by atoms with van der Waals surface area (Å²) in [6.07, 6.45) is -0.621. The van der Waals surface area contributed by atoms with Gasteiger partial charge in [0.1, 0.15) is 18.8 Å². The van der Waals surface area contributed by atoms with Crippen LogP contribution in [0.5, 0.6) is 11.5 Å². The van der Waals surface area contributed by atoms with Gasteiger partial charge in [-0.25, -0.2) is 4.79 Å². The standard InChI is InChI=1S/C29H37NO8/c1-18(36-24(31)20-11-9-8-10-12-20)17-35-25(32)21(30)15-19-13-14-22(37-26(33)28(2,3)4)23(16-19)38-27(34)29(5,6)7/h8-14,16,18,21H,15,17,30H2,1-7H3/t18-,21-/m0/s1. The number of hydrogen-bond acceptors (Lipinski definition) is 9. The van der Waals surface area contributed by atoms with E-state index < -0.39 is 46.9 Å². The van der Waals surface area contributed by atoms with E-state index >= 15 is 0 Å². The molecule has 0 aliphatic heterocycles. The lowest BCUT2D eigenvalue weighted by Crippen LogP contribution is -2.36. The van der Waals surface area contributed by atoms with Crippen LogP contribution in [0.1, 0.15) is 64.4 Å². The molecule has 38 heavy (non-hydrogen) atoms. The number of rotatable bonds is 9. The lowest BCUT2D eigenvalue weighted by atomic mass is 9.97. The zero-order chi connectivity index (χ0) is 28.7. The zero-order valence-electron chi connectivity index (χ0n) is 23.0. The van der Waals surface area contributed by atoms with Crippen LogP contribution in [0.15, 0.2) is 48.5 Å². The van der Waals surface area contributed by atoms with Crippen LogP contribution in [-0.2, 0) is 30.3 Å². The maximum absolute atomic E-state index is 12.5. The molecule has 0 aliphatic rings. The maximum atomic E-state index is 12.5. The maximum Gasteiger partial charge on any atom is 0.338 e. The van der Waals surface area contributed by atoms with Crippen LogP contribution < -0.4 is 15.2 Å². The van der Waals surface area contributed by atoms with Gasteiger partial charge in [-0.1, -0.05) is 24.3 Å². The van der Waals surface area contributed by atoms with Crippen LogP contribution in [0.25, 0.3) is 0 Å². The summed E-state index contributed by atoms with van der Waals surface area (Å²) in [5.74, 6) is -2.11. The lowest BCUT2D eigenvalue weighted by Gasteiger charge is -2.21. The molecule has 0 saturated carbocycles. The summed E-state index contributed by atoms with van der Waals surface area (Å²) in [7, 11) is 0. The van der Waals surface area contributed by atoms with Crippen molar-refractivity contribution in [2.24, 2.45) is 16.6 Å². The Bertz CT molecular complexity index is 1150. The average Bonchev–Trinajstić information content (AvgIpc) is 2.83. The number of carbonyl (C=O) groups is 4. The first kappa shape index (κ1) is 30.5. The molecule has 0 aromatic heterocycles. The van der Waals surface area contributed by atoms with Gasteiger partial charge in [0, 0.05) is 0 Å². The number of nitrogens with two attached hydrogens (primary N) is 1. The third kappa shape index (κ3) is 9.30. The first-order valence-corrected chi connectivity index (χ1v) is 12.3. The highest BCUT2D eigenvalue weighted by Crippen LogP contribution is 2.33. The molecular formula is C29H37NO8. The number of ether oxygens (including phenoxy) is 4. The zero-order valence-corrected chi connectivity index (χ0v) is 23.0. The average molecular weight is 528 g/mol. The second-order valence-electron chi connectivity index (χ2n) is 11.1. The van der Waals surface area contributed by atoms with Crippen LogP contribution in [0.2, 0.25) is 0 Å². The molecule has 0 unspecified atom stereocenters. The molecule has 2 rings (SSSR count). The van der Waals surface area contributed by atoms with Crippen molar-refractivity contribution in [3.05, 3.63) is 59.7 Å². The van der Waals surface area contributed by atoms with Crippen molar-refractivity contribution in [2.75, 3.05) is 6.61 Å². The first-order valence-electron chi connectivity index (χ1n) is 12.3. The van der Waals surface area contributed by atoms with Gasteiger partial charge in [-0.3, -0.25) is 14.4 Å². The predicted octanol–water partition coefficient (Wildman–Crippen LogP) is 4.25. The molecular weight excluding hydrogens is 490 g/mol. The van der Waals surface area contributed by atoms with Crippen molar-refractivity contribution in [3.8, 4) is 11.5 Å². The predicted molar refractivity (Wildman–Crippen MR) is 141 cm³/mol. The van der Waals surface area contributed by atoms with E-state index in [0.717, 1.165) is 0 Å². The highest BCUT2D eigenvalue weighted by Gasteiger charge is 2.29. The van der Waals surface area contributed by atoms with Crippen LogP contribution >= 0.6 is 0 Å². The van der Waals surface area contributed by atoms with Gasteiger partial charge in [0.25, 0.3) is 0 Å². The Morgan fingerprint density at radius 3 is 1.92 bits per heavy atom. The first-order chi connectivity index (χ1) is 17.6. The van der Waals surface area contributed by atoms with Crippen LogP contribution in [0.4, 0.5) is 0 Å². The molecule has 0 amide bonds. The molecule has 0 radical (unpaired) electrons. The second kappa shape index (κ2) is 12.7. The quantitative estimate of drug-likeness (QED) is 0.375. The van der Waals surface area contributed by atoms with Gasteiger partial charge in [-0.15, -0.1) is 0 Å². The monoisotopic (exact) mass is 527 g/mol. The van der Waals surface area contributed by atoms with E-state index in [9.17, 15) is 19.2 Å². The Morgan fingerprint density at radius 2 is 1.37 bits per heavy atom. The van der Waals surface area contributed by atoms with Crippen LogP contribution in [0.3, 0.4) is 0 Å². The van der Waals surface area contributed by atoms with Crippen molar-refractivity contribution in [2.45, 2.75) is 67.0 Å².